The van der Waals surface area contributed by atoms with Crippen molar-refractivity contribution in [1.29, 1.82) is 0 Å². The smallest absolute Gasteiger partial charge is 0.244 e. The van der Waals surface area contributed by atoms with Gasteiger partial charge in [0.25, 0.3) is 0 Å². The van der Waals surface area contributed by atoms with E-state index in [4.69, 9.17) is 4.74 Å². The van der Waals surface area contributed by atoms with Crippen molar-refractivity contribution >= 4 is 38.3 Å². The number of aromatic nitrogens is 2. The van der Waals surface area contributed by atoms with Gasteiger partial charge in [0.1, 0.15) is 19.0 Å². The maximum Gasteiger partial charge on any atom is 0.244 e. The Balaban J connectivity index is 1.57. The van der Waals surface area contributed by atoms with Crippen molar-refractivity contribution in [2.75, 3.05) is 29.5 Å². The van der Waals surface area contributed by atoms with Crippen LogP contribution in [0.25, 0.3) is 11.0 Å². The number of ether oxygens (including phenoxy) is 1. The molecule has 0 aliphatic carbocycles. The van der Waals surface area contributed by atoms with E-state index in [1.165, 1.54) is 10.6 Å². The number of para-hydroxylation sites is 2. The van der Waals surface area contributed by atoms with Crippen LogP contribution in [0.15, 0.2) is 42.5 Å². The molecule has 0 unspecified atom stereocenters. The van der Waals surface area contributed by atoms with Crippen molar-refractivity contribution < 1.29 is 17.9 Å². The summed E-state index contributed by atoms with van der Waals surface area (Å²) in [6, 6.07) is 13.0. The van der Waals surface area contributed by atoms with Gasteiger partial charge < -0.3 is 14.6 Å². The molecule has 2 aromatic carbocycles. The number of carbonyl (C=O) groups is 1. The first-order valence-electron chi connectivity index (χ1n) is 9.20. The van der Waals surface area contributed by atoms with Crippen LogP contribution >= 0.6 is 0 Å². The van der Waals surface area contributed by atoms with Crippen molar-refractivity contribution in [3.63, 3.8) is 0 Å². The highest BCUT2D eigenvalue weighted by atomic mass is 32.2. The maximum atomic E-state index is 12.7. The van der Waals surface area contributed by atoms with Gasteiger partial charge in [0.2, 0.25) is 15.9 Å². The Kier molecular flexibility index (Phi) is 5.01. The number of sulfonamides is 1. The minimum atomic E-state index is -3.34. The Morgan fingerprint density at radius 1 is 1.24 bits per heavy atom. The second-order valence-electron chi connectivity index (χ2n) is 7.01. The summed E-state index contributed by atoms with van der Waals surface area (Å²) in [7, 11) is -1.76. The standard InChI is InChI=1S/C20H22N4O4S/c1-28-13-19-22-16-5-3-4-6-17(16)23(19)12-20(25)21-15-8-7-14-9-10-24(18(14)11-15)29(2,26)27/h3-8,11H,9-10,12-13H2,1-2H3,(H,21,25). The van der Waals surface area contributed by atoms with E-state index in [2.05, 4.69) is 10.3 Å². The third kappa shape index (κ3) is 3.83. The lowest BCUT2D eigenvalue weighted by molar-refractivity contribution is -0.116. The first-order chi connectivity index (χ1) is 13.9. The second kappa shape index (κ2) is 7.49. The van der Waals surface area contributed by atoms with Crippen LogP contribution in [0.5, 0.6) is 0 Å². The first-order valence-corrected chi connectivity index (χ1v) is 11.1. The van der Waals surface area contributed by atoms with Crippen molar-refractivity contribution in [2.24, 2.45) is 0 Å². The van der Waals surface area contributed by atoms with Crippen LogP contribution in [-0.2, 0) is 39.1 Å². The summed E-state index contributed by atoms with van der Waals surface area (Å²) in [5.41, 5.74) is 3.79. The molecule has 1 aromatic heterocycles. The molecule has 2 heterocycles. The van der Waals surface area contributed by atoms with Gasteiger partial charge in [0.05, 0.1) is 23.0 Å². The van der Waals surface area contributed by atoms with E-state index < -0.39 is 10.0 Å². The molecule has 1 amide bonds. The lowest BCUT2D eigenvalue weighted by Gasteiger charge is -2.17. The largest absolute Gasteiger partial charge is 0.377 e. The van der Waals surface area contributed by atoms with Crippen LogP contribution in [-0.4, -0.2) is 43.8 Å². The molecule has 0 saturated heterocycles. The molecule has 0 spiro atoms. The topological polar surface area (TPSA) is 93.5 Å². The number of methoxy groups -OCH3 is 1. The van der Waals surface area contributed by atoms with Gasteiger partial charge >= 0.3 is 0 Å². The zero-order valence-corrected chi connectivity index (χ0v) is 17.1. The van der Waals surface area contributed by atoms with Gasteiger partial charge in [0, 0.05) is 19.3 Å². The van der Waals surface area contributed by atoms with Crippen molar-refractivity contribution in [3.05, 3.63) is 53.9 Å². The summed E-state index contributed by atoms with van der Waals surface area (Å²) >= 11 is 0. The quantitative estimate of drug-likeness (QED) is 0.667. The lowest BCUT2D eigenvalue weighted by atomic mass is 10.1. The van der Waals surface area contributed by atoms with Crippen molar-refractivity contribution in [1.82, 2.24) is 9.55 Å². The molecule has 9 heteroatoms. The van der Waals surface area contributed by atoms with Gasteiger partial charge in [-0.2, -0.15) is 0 Å². The summed E-state index contributed by atoms with van der Waals surface area (Å²) in [5, 5.41) is 2.87. The Morgan fingerprint density at radius 3 is 2.79 bits per heavy atom. The van der Waals surface area contributed by atoms with E-state index in [9.17, 15) is 13.2 Å². The normalized spacial score (nSPS) is 13.7. The summed E-state index contributed by atoms with van der Waals surface area (Å²) in [6.07, 6.45) is 1.85. The minimum absolute atomic E-state index is 0.0755. The lowest BCUT2D eigenvalue weighted by Crippen LogP contribution is -2.27. The summed E-state index contributed by atoms with van der Waals surface area (Å²) in [5.74, 6) is 0.440. The molecule has 0 saturated carbocycles. The van der Waals surface area contributed by atoms with Crippen LogP contribution in [0.2, 0.25) is 0 Å². The van der Waals surface area contributed by atoms with E-state index in [0.29, 0.717) is 36.8 Å². The predicted octanol–water partition coefficient (Wildman–Crippen LogP) is 2.14. The van der Waals surface area contributed by atoms with Crippen LogP contribution in [0.3, 0.4) is 0 Å². The number of imidazole rings is 1. The molecule has 1 aliphatic heterocycles. The fraction of sp³-hybridized carbons (Fsp3) is 0.300. The van der Waals surface area contributed by atoms with Crippen molar-refractivity contribution in [3.8, 4) is 0 Å². The van der Waals surface area contributed by atoms with E-state index in [0.717, 1.165) is 16.6 Å². The predicted molar refractivity (Wildman–Crippen MR) is 111 cm³/mol. The van der Waals surface area contributed by atoms with E-state index >= 15 is 0 Å². The van der Waals surface area contributed by atoms with Crippen LogP contribution < -0.4 is 9.62 Å². The second-order valence-corrected chi connectivity index (χ2v) is 8.92. The number of amides is 1. The molecule has 0 atom stereocenters. The van der Waals surface area contributed by atoms with Crippen molar-refractivity contribution in [2.45, 2.75) is 19.6 Å². The summed E-state index contributed by atoms with van der Waals surface area (Å²) in [4.78, 5) is 17.3. The number of benzene rings is 2. The van der Waals surface area contributed by atoms with E-state index in [-0.39, 0.29) is 12.5 Å². The molecule has 0 radical (unpaired) electrons. The molecule has 1 aliphatic rings. The average Bonchev–Trinajstić information content (AvgIpc) is 3.23. The molecule has 1 N–H and O–H groups in total. The molecular formula is C20H22N4O4S. The molecule has 0 bridgehead atoms. The zero-order chi connectivity index (χ0) is 20.6. The fourth-order valence-corrected chi connectivity index (χ4v) is 4.61. The number of fused-ring (bicyclic) bond motifs is 2. The molecule has 4 rings (SSSR count). The Morgan fingerprint density at radius 2 is 2.03 bits per heavy atom. The van der Waals surface area contributed by atoms with Gasteiger partial charge in [-0.05, 0) is 36.2 Å². The summed E-state index contributed by atoms with van der Waals surface area (Å²) < 4.78 is 32.4. The third-order valence-corrected chi connectivity index (χ3v) is 6.11. The molecule has 0 fully saturated rings. The number of rotatable bonds is 6. The molecule has 8 nitrogen and oxygen atoms in total. The van der Waals surface area contributed by atoms with E-state index in [1.54, 1.807) is 19.2 Å². The maximum absolute atomic E-state index is 12.7. The number of hydrogen-bond acceptors (Lipinski definition) is 5. The van der Waals surface area contributed by atoms with E-state index in [1.807, 2.05) is 34.9 Å². The summed E-state index contributed by atoms with van der Waals surface area (Å²) in [6.45, 7) is 0.795. The number of hydrogen-bond donors (Lipinski definition) is 1. The van der Waals surface area contributed by atoms with Crippen LogP contribution in [0, 0.1) is 0 Å². The number of nitrogens with zero attached hydrogens (tertiary/aromatic N) is 3. The molecule has 152 valence electrons. The number of carbonyl (C=O) groups excluding carboxylic acids is 1. The van der Waals surface area contributed by atoms with Crippen LogP contribution in [0.4, 0.5) is 11.4 Å². The van der Waals surface area contributed by atoms with Crippen LogP contribution in [0.1, 0.15) is 11.4 Å². The Labute approximate surface area is 169 Å². The highest BCUT2D eigenvalue weighted by Crippen LogP contribution is 2.32. The molecule has 3 aromatic rings. The minimum Gasteiger partial charge on any atom is -0.377 e. The highest BCUT2D eigenvalue weighted by Gasteiger charge is 2.26. The number of anilines is 2. The molecular weight excluding hydrogens is 392 g/mol. The SMILES string of the molecule is COCc1nc2ccccc2n1CC(=O)Nc1ccc2c(c1)N(S(C)(=O)=O)CC2. The zero-order valence-electron chi connectivity index (χ0n) is 16.3. The fourth-order valence-electron chi connectivity index (χ4n) is 3.66. The van der Waals surface area contributed by atoms with Gasteiger partial charge in [-0.1, -0.05) is 18.2 Å². The highest BCUT2D eigenvalue weighted by molar-refractivity contribution is 7.92. The Bertz CT molecular complexity index is 1190. The van der Waals surface area contributed by atoms with Gasteiger partial charge in [-0.25, -0.2) is 13.4 Å². The first kappa shape index (κ1) is 19.4. The van der Waals surface area contributed by atoms with Gasteiger partial charge in [-0.15, -0.1) is 0 Å². The molecule has 29 heavy (non-hydrogen) atoms. The monoisotopic (exact) mass is 414 g/mol. The number of nitrogens with one attached hydrogen (secondary N) is 1. The average molecular weight is 414 g/mol. The Hall–Kier alpha value is -2.91. The third-order valence-electron chi connectivity index (χ3n) is 4.93. The van der Waals surface area contributed by atoms with Gasteiger partial charge in [-0.3, -0.25) is 9.10 Å². The van der Waals surface area contributed by atoms with Gasteiger partial charge in [0.15, 0.2) is 0 Å².